The second-order valence-electron chi connectivity index (χ2n) is 5.67. The zero-order valence-electron chi connectivity index (χ0n) is 13.8. The summed E-state index contributed by atoms with van der Waals surface area (Å²) >= 11 is 0. The molecule has 0 aliphatic carbocycles. The van der Waals surface area contributed by atoms with Crippen LogP contribution in [0.25, 0.3) is 5.69 Å². The first-order chi connectivity index (χ1) is 11.6. The predicted molar refractivity (Wildman–Crippen MR) is 89.6 cm³/mol. The van der Waals surface area contributed by atoms with Gasteiger partial charge in [0.05, 0.1) is 19.4 Å². The highest BCUT2D eigenvalue weighted by Gasteiger charge is 2.25. The molecule has 0 saturated carbocycles. The SMILES string of the molecule is COc1ccccc1-n1ccc(C)c(C(=O)N2CCCCO2)c1=O. The van der Waals surface area contributed by atoms with Crippen LogP contribution in [0.3, 0.4) is 0 Å². The van der Waals surface area contributed by atoms with E-state index in [1.165, 1.54) is 9.63 Å². The number of nitrogens with zero attached hydrogens (tertiary/aromatic N) is 2. The lowest BCUT2D eigenvalue weighted by atomic mass is 10.1. The topological polar surface area (TPSA) is 60.8 Å². The first-order valence-corrected chi connectivity index (χ1v) is 7.94. The normalized spacial score (nSPS) is 14.5. The van der Waals surface area contributed by atoms with E-state index in [9.17, 15) is 9.59 Å². The summed E-state index contributed by atoms with van der Waals surface area (Å²) in [6.07, 6.45) is 3.45. The molecule has 0 atom stereocenters. The first-order valence-electron chi connectivity index (χ1n) is 7.94. The number of hydrogen-bond acceptors (Lipinski definition) is 4. The molecule has 2 heterocycles. The molecule has 0 unspecified atom stereocenters. The van der Waals surface area contributed by atoms with Crippen molar-refractivity contribution >= 4 is 5.91 Å². The Balaban J connectivity index is 2.08. The zero-order chi connectivity index (χ0) is 17.1. The minimum absolute atomic E-state index is 0.130. The van der Waals surface area contributed by atoms with Crippen molar-refractivity contribution in [2.75, 3.05) is 20.3 Å². The van der Waals surface area contributed by atoms with Crippen molar-refractivity contribution in [3.8, 4) is 11.4 Å². The molecule has 1 fully saturated rings. The lowest BCUT2D eigenvalue weighted by Crippen LogP contribution is -2.40. The first kappa shape index (κ1) is 16.3. The summed E-state index contributed by atoms with van der Waals surface area (Å²) in [7, 11) is 1.55. The number of hydroxylamine groups is 2. The Morgan fingerprint density at radius 3 is 2.71 bits per heavy atom. The zero-order valence-corrected chi connectivity index (χ0v) is 13.8. The summed E-state index contributed by atoms with van der Waals surface area (Å²) in [6.45, 7) is 2.75. The number of rotatable bonds is 3. The van der Waals surface area contributed by atoms with E-state index in [4.69, 9.17) is 9.57 Å². The van der Waals surface area contributed by atoms with Crippen LogP contribution in [-0.4, -0.2) is 35.8 Å². The van der Waals surface area contributed by atoms with Crippen LogP contribution in [0, 0.1) is 6.92 Å². The number of pyridine rings is 1. The van der Waals surface area contributed by atoms with E-state index in [0.717, 1.165) is 12.8 Å². The Bertz CT molecular complexity index is 807. The van der Waals surface area contributed by atoms with Crippen LogP contribution < -0.4 is 10.3 Å². The van der Waals surface area contributed by atoms with Crippen LogP contribution in [-0.2, 0) is 4.84 Å². The number of carbonyl (C=O) groups excluding carboxylic acids is 1. The molecule has 1 saturated heterocycles. The van der Waals surface area contributed by atoms with Crippen LogP contribution in [0.1, 0.15) is 28.8 Å². The molecule has 6 heteroatoms. The highest BCUT2D eigenvalue weighted by molar-refractivity contribution is 5.94. The van der Waals surface area contributed by atoms with Gasteiger partial charge in [-0.1, -0.05) is 12.1 Å². The fraction of sp³-hybridized carbons (Fsp3) is 0.333. The summed E-state index contributed by atoms with van der Waals surface area (Å²) in [4.78, 5) is 31.1. The van der Waals surface area contributed by atoms with Crippen molar-refractivity contribution < 1.29 is 14.4 Å². The minimum atomic E-state index is -0.388. The van der Waals surface area contributed by atoms with Gasteiger partial charge in [-0.2, -0.15) is 0 Å². The number of benzene rings is 1. The molecule has 6 nitrogen and oxygen atoms in total. The monoisotopic (exact) mass is 328 g/mol. The van der Waals surface area contributed by atoms with Crippen molar-refractivity contribution in [2.45, 2.75) is 19.8 Å². The van der Waals surface area contributed by atoms with Crippen molar-refractivity contribution in [1.82, 2.24) is 9.63 Å². The van der Waals surface area contributed by atoms with Crippen LogP contribution in [0.15, 0.2) is 41.3 Å². The maximum atomic E-state index is 12.9. The Hall–Kier alpha value is -2.60. The lowest BCUT2D eigenvalue weighted by Gasteiger charge is -2.26. The van der Waals surface area contributed by atoms with Crippen LogP contribution in [0.2, 0.25) is 0 Å². The molecule has 1 aromatic heterocycles. The van der Waals surface area contributed by atoms with Gasteiger partial charge in [0.1, 0.15) is 11.3 Å². The molecule has 0 N–H and O–H groups in total. The van der Waals surface area contributed by atoms with Crippen molar-refractivity contribution in [2.24, 2.45) is 0 Å². The maximum Gasteiger partial charge on any atom is 0.283 e. The van der Waals surface area contributed by atoms with E-state index < -0.39 is 0 Å². The second kappa shape index (κ2) is 6.88. The highest BCUT2D eigenvalue weighted by Crippen LogP contribution is 2.21. The molecule has 0 bridgehead atoms. The fourth-order valence-electron chi connectivity index (χ4n) is 2.79. The molecule has 1 aromatic carbocycles. The summed E-state index contributed by atoms with van der Waals surface area (Å²) in [5, 5.41) is 1.29. The third kappa shape index (κ3) is 2.92. The molecule has 1 amide bonds. The van der Waals surface area contributed by atoms with Gasteiger partial charge in [-0.05, 0) is 43.5 Å². The molecule has 0 radical (unpaired) electrons. The standard InChI is InChI=1S/C18H20N2O4/c1-13-9-11-19(14-7-3-4-8-15(14)23-2)17(21)16(13)18(22)20-10-5-6-12-24-20/h3-4,7-9,11H,5-6,10,12H2,1-2H3. The number of amides is 1. The number of aryl methyl sites for hydroxylation is 1. The van der Waals surface area contributed by atoms with Crippen molar-refractivity contribution in [3.63, 3.8) is 0 Å². The third-order valence-electron chi connectivity index (χ3n) is 4.09. The van der Waals surface area contributed by atoms with Crippen molar-refractivity contribution in [1.29, 1.82) is 0 Å². The molecule has 24 heavy (non-hydrogen) atoms. The summed E-state index contributed by atoms with van der Waals surface area (Å²) in [6, 6.07) is 8.96. The quantitative estimate of drug-likeness (QED) is 0.867. The summed E-state index contributed by atoms with van der Waals surface area (Å²) in [5.41, 5.74) is 0.980. The smallest absolute Gasteiger partial charge is 0.283 e. The van der Waals surface area contributed by atoms with Gasteiger partial charge in [-0.3, -0.25) is 19.0 Å². The van der Waals surface area contributed by atoms with E-state index in [0.29, 0.717) is 30.2 Å². The molecule has 2 aromatic rings. The van der Waals surface area contributed by atoms with Gasteiger partial charge in [0.15, 0.2) is 0 Å². The molecular formula is C18H20N2O4. The van der Waals surface area contributed by atoms with Crippen LogP contribution in [0.4, 0.5) is 0 Å². The fourth-order valence-corrected chi connectivity index (χ4v) is 2.79. The van der Waals surface area contributed by atoms with E-state index in [2.05, 4.69) is 0 Å². The van der Waals surface area contributed by atoms with Crippen molar-refractivity contribution in [3.05, 3.63) is 58.0 Å². The number of ether oxygens (including phenoxy) is 1. The average Bonchev–Trinajstić information content (AvgIpc) is 2.62. The van der Waals surface area contributed by atoms with E-state index >= 15 is 0 Å². The van der Waals surface area contributed by atoms with E-state index in [1.807, 2.05) is 12.1 Å². The number of aromatic nitrogens is 1. The van der Waals surface area contributed by atoms with Gasteiger partial charge in [-0.15, -0.1) is 0 Å². The number of hydrogen-bond donors (Lipinski definition) is 0. The Morgan fingerprint density at radius 2 is 2.00 bits per heavy atom. The molecular weight excluding hydrogens is 308 g/mol. The highest BCUT2D eigenvalue weighted by atomic mass is 16.7. The van der Waals surface area contributed by atoms with Gasteiger partial charge in [0.2, 0.25) is 0 Å². The van der Waals surface area contributed by atoms with Gasteiger partial charge in [0, 0.05) is 12.7 Å². The molecule has 0 spiro atoms. The molecule has 1 aliphatic heterocycles. The number of carbonyl (C=O) groups is 1. The van der Waals surface area contributed by atoms with Crippen LogP contribution in [0.5, 0.6) is 5.75 Å². The molecule has 126 valence electrons. The predicted octanol–water partition coefficient (Wildman–Crippen LogP) is 2.32. The average molecular weight is 328 g/mol. The Labute approximate surface area is 140 Å². The maximum absolute atomic E-state index is 12.9. The summed E-state index contributed by atoms with van der Waals surface area (Å²) in [5.74, 6) is 0.178. The Morgan fingerprint density at radius 1 is 1.21 bits per heavy atom. The third-order valence-corrected chi connectivity index (χ3v) is 4.09. The second-order valence-corrected chi connectivity index (χ2v) is 5.67. The van der Waals surface area contributed by atoms with Gasteiger partial charge < -0.3 is 4.74 Å². The molecule has 1 aliphatic rings. The minimum Gasteiger partial charge on any atom is -0.495 e. The van der Waals surface area contributed by atoms with E-state index in [1.54, 1.807) is 38.4 Å². The largest absolute Gasteiger partial charge is 0.495 e. The summed E-state index contributed by atoms with van der Waals surface area (Å²) < 4.78 is 6.76. The van der Waals surface area contributed by atoms with Gasteiger partial charge in [-0.25, -0.2) is 5.06 Å². The van der Waals surface area contributed by atoms with Crippen LogP contribution >= 0.6 is 0 Å². The molecule has 3 rings (SSSR count). The van der Waals surface area contributed by atoms with Gasteiger partial charge >= 0.3 is 0 Å². The number of para-hydroxylation sites is 2. The lowest BCUT2D eigenvalue weighted by molar-refractivity contribution is -0.144. The van der Waals surface area contributed by atoms with E-state index in [-0.39, 0.29) is 17.0 Å². The Kier molecular flexibility index (Phi) is 4.66. The number of methoxy groups -OCH3 is 1. The van der Waals surface area contributed by atoms with Gasteiger partial charge in [0.25, 0.3) is 11.5 Å².